The van der Waals surface area contributed by atoms with Gasteiger partial charge in [-0.1, -0.05) is 0 Å². The van der Waals surface area contributed by atoms with Crippen LogP contribution in [0, 0.1) is 19.1 Å². The van der Waals surface area contributed by atoms with Crippen molar-refractivity contribution < 1.29 is 27.2 Å². The van der Waals surface area contributed by atoms with Crippen LogP contribution in [0.4, 0.5) is 18.9 Å². The van der Waals surface area contributed by atoms with Crippen molar-refractivity contribution >= 4 is 45.1 Å². The summed E-state index contributed by atoms with van der Waals surface area (Å²) in [6.07, 6.45) is -4.75. The molecule has 0 aliphatic carbocycles. The van der Waals surface area contributed by atoms with Crippen LogP contribution in [0.2, 0.25) is 0 Å². The predicted molar refractivity (Wildman–Crippen MR) is 101 cm³/mol. The molecule has 0 bridgehead atoms. The van der Waals surface area contributed by atoms with Gasteiger partial charge in [0.05, 0.1) is 16.1 Å². The Morgan fingerprint density at radius 2 is 1.89 bits per heavy atom. The van der Waals surface area contributed by atoms with E-state index in [1.807, 2.05) is 22.6 Å². The number of rotatable bonds is 3. The lowest BCUT2D eigenvalue weighted by Gasteiger charge is -2.11. The SMILES string of the molecule is N=C(Oc1ccc2c(C(F)(F)F)cc(=O)oc2c1)c1cc([N+](=O)[O-])ccc1I. The van der Waals surface area contributed by atoms with Crippen LogP contribution >= 0.6 is 22.6 Å². The lowest BCUT2D eigenvalue weighted by atomic mass is 10.1. The monoisotopic (exact) mass is 504 g/mol. The Morgan fingerprint density at radius 1 is 1.18 bits per heavy atom. The molecule has 1 N–H and O–H groups in total. The van der Waals surface area contributed by atoms with Crippen LogP contribution in [-0.4, -0.2) is 10.8 Å². The lowest BCUT2D eigenvalue weighted by Crippen LogP contribution is -2.12. The highest BCUT2D eigenvalue weighted by atomic mass is 127. The third-order valence-electron chi connectivity index (χ3n) is 3.65. The fourth-order valence-electron chi connectivity index (χ4n) is 2.41. The van der Waals surface area contributed by atoms with Gasteiger partial charge in [-0.05, 0) is 40.8 Å². The summed E-state index contributed by atoms with van der Waals surface area (Å²) in [6.45, 7) is 0. The molecule has 0 unspecified atom stereocenters. The Kier molecular flexibility index (Phi) is 5.10. The van der Waals surface area contributed by atoms with Gasteiger partial charge in [0.1, 0.15) is 11.3 Å². The molecule has 3 rings (SSSR count). The van der Waals surface area contributed by atoms with Crippen LogP contribution in [-0.2, 0) is 6.18 Å². The van der Waals surface area contributed by atoms with E-state index in [0.717, 1.165) is 18.2 Å². The molecule has 1 heterocycles. The molecule has 0 saturated heterocycles. The molecule has 0 aliphatic heterocycles. The Labute approximate surface area is 167 Å². The normalized spacial score (nSPS) is 11.4. The molecule has 7 nitrogen and oxygen atoms in total. The molecule has 144 valence electrons. The zero-order valence-corrected chi connectivity index (χ0v) is 15.7. The fourth-order valence-corrected chi connectivity index (χ4v) is 3.00. The van der Waals surface area contributed by atoms with Crippen LogP contribution in [0.15, 0.2) is 51.7 Å². The molecule has 1 aromatic heterocycles. The van der Waals surface area contributed by atoms with Gasteiger partial charge in [-0.15, -0.1) is 0 Å². The van der Waals surface area contributed by atoms with Gasteiger partial charge in [0, 0.05) is 33.2 Å². The summed E-state index contributed by atoms with van der Waals surface area (Å²) >= 11 is 1.86. The maximum absolute atomic E-state index is 13.1. The van der Waals surface area contributed by atoms with Crippen molar-refractivity contribution in [3.05, 3.63) is 77.7 Å². The van der Waals surface area contributed by atoms with Gasteiger partial charge in [0.15, 0.2) is 0 Å². The largest absolute Gasteiger partial charge is 0.439 e. The van der Waals surface area contributed by atoms with Crippen LogP contribution in [0.5, 0.6) is 5.75 Å². The average molecular weight is 504 g/mol. The maximum atomic E-state index is 13.1. The third kappa shape index (κ3) is 3.98. The summed E-state index contributed by atoms with van der Waals surface area (Å²) in [5, 5.41) is 18.6. The highest BCUT2D eigenvalue weighted by molar-refractivity contribution is 14.1. The molecular formula is C17H8F3IN2O5. The van der Waals surface area contributed by atoms with Gasteiger partial charge in [0.2, 0.25) is 5.90 Å². The summed E-state index contributed by atoms with van der Waals surface area (Å²) in [7, 11) is 0. The number of benzene rings is 2. The second-order valence-electron chi connectivity index (χ2n) is 5.49. The van der Waals surface area contributed by atoms with E-state index in [9.17, 15) is 28.1 Å². The van der Waals surface area contributed by atoms with Gasteiger partial charge in [0.25, 0.3) is 5.69 Å². The Hall–Kier alpha value is -2.96. The fraction of sp³-hybridized carbons (Fsp3) is 0.0588. The minimum atomic E-state index is -4.75. The molecule has 28 heavy (non-hydrogen) atoms. The van der Waals surface area contributed by atoms with E-state index in [1.54, 1.807) is 0 Å². The van der Waals surface area contributed by atoms with Crippen LogP contribution in [0.1, 0.15) is 11.1 Å². The number of hydrogen-bond donors (Lipinski definition) is 1. The first kappa shape index (κ1) is 19.8. The average Bonchev–Trinajstić information content (AvgIpc) is 2.60. The number of hydrogen-bond acceptors (Lipinski definition) is 6. The Bertz CT molecular complexity index is 1170. The number of nitro groups is 1. The molecule has 0 saturated carbocycles. The molecule has 0 amide bonds. The first-order valence-corrected chi connectivity index (χ1v) is 8.50. The number of nitrogens with one attached hydrogen (secondary N) is 1. The topological polar surface area (TPSA) is 106 Å². The number of halogens is 4. The molecule has 0 fully saturated rings. The number of nitro benzene ring substituents is 1. The molecule has 0 aliphatic rings. The molecular weight excluding hydrogens is 496 g/mol. The molecule has 11 heteroatoms. The number of ether oxygens (including phenoxy) is 1. The first-order valence-electron chi connectivity index (χ1n) is 7.42. The van der Waals surface area contributed by atoms with Crippen molar-refractivity contribution in [1.29, 1.82) is 5.41 Å². The van der Waals surface area contributed by atoms with Crippen LogP contribution in [0.25, 0.3) is 11.0 Å². The van der Waals surface area contributed by atoms with E-state index in [1.165, 1.54) is 18.2 Å². The number of alkyl halides is 3. The highest BCUT2D eigenvalue weighted by Crippen LogP contribution is 2.35. The predicted octanol–water partition coefficient (Wildman–Crippen LogP) is 4.73. The van der Waals surface area contributed by atoms with Gasteiger partial charge in [-0.25, -0.2) is 4.79 Å². The van der Waals surface area contributed by atoms with E-state index in [2.05, 4.69) is 0 Å². The van der Waals surface area contributed by atoms with E-state index in [4.69, 9.17) is 14.6 Å². The van der Waals surface area contributed by atoms with E-state index in [0.29, 0.717) is 9.64 Å². The van der Waals surface area contributed by atoms with Gasteiger partial charge >= 0.3 is 11.8 Å². The molecule has 2 aromatic carbocycles. The third-order valence-corrected chi connectivity index (χ3v) is 4.59. The zero-order chi connectivity index (χ0) is 20.6. The van der Waals surface area contributed by atoms with E-state index < -0.39 is 28.2 Å². The maximum Gasteiger partial charge on any atom is 0.417 e. The summed E-state index contributed by atoms with van der Waals surface area (Å²) in [5.74, 6) is -0.524. The zero-order valence-electron chi connectivity index (χ0n) is 13.5. The van der Waals surface area contributed by atoms with E-state index in [-0.39, 0.29) is 28.0 Å². The van der Waals surface area contributed by atoms with Crippen molar-refractivity contribution in [2.45, 2.75) is 6.18 Å². The second kappa shape index (κ2) is 7.22. The van der Waals surface area contributed by atoms with Gasteiger partial charge < -0.3 is 9.15 Å². The molecule has 0 radical (unpaired) electrons. The minimum Gasteiger partial charge on any atom is -0.439 e. The standard InChI is InChI=1S/C17H8F3IN2O5/c18-17(19,20)12-7-15(24)28-14-6-9(2-3-10(12)14)27-16(22)11-5-8(23(25)26)1-4-13(11)21/h1-7,22H. The Balaban J connectivity index is 2.00. The van der Waals surface area contributed by atoms with Gasteiger partial charge in [-0.3, -0.25) is 15.5 Å². The number of fused-ring (bicyclic) bond motifs is 1. The highest BCUT2D eigenvalue weighted by Gasteiger charge is 2.34. The molecule has 0 spiro atoms. The molecule has 0 atom stereocenters. The Morgan fingerprint density at radius 3 is 2.54 bits per heavy atom. The summed E-state index contributed by atoms with van der Waals surface area (Å²) in [5.41, 5.74) is -2.81. The molecule has 3 aromatic rings. The van der Waals surface area contributed by atoms with Gasteiger partial charge in [-0.2, -0.15) is 13.2 Å². The quantitative estimate of drug-likeness (QED) is 0.139. The summed E-state index contributed by atoms with van der Waals surface area (Å²) < 4.78 is 49.8. The first-order chi connectivity index (χ1) is 13.1. The second-order valence-corrected chi connectivity index (χ2v) is 6.65. The van der Waals surface area contributed by atoms with Crippen molar-refractivity contribution in [3.8, 4) is 5.75 Å². The smallest absolute Gasteiger partial charge is 0.417 e. The minimum absolute atomic E-state index is 0.0673. The van der Waals surface area contributed by atoms with Crippen molar-refractivity contribution in [2.75, 3.05) is 0 Å². The van der Waals surface area contributed by atoms with E-state index >= 15 is 0 Å². The van der Waals surface area contributed by atoms with Crippen LogP contribution < -0.4 is 10.4 Å². The van der Waals surface area contributed by atoms with Crippen LogP contribution in [0.3, 0.4) is 0 Å². The lowest BCUT2D eigenvalue weighted by molar-refractivity contribution is -0.384. The number of non-ortho nitro benzene ring substituents is 1. The van der Waals surface area contributed by atoms with Crippen molar-refractivity contribution in [3.63, 3.8) is 0 Å². The van der Waals surface area contributed by atoms with Crippen molar-refractivity contribution in [1.82, 2.24) is 0 Å². The summed E-state index contributed by atoms with van der Waals surface area (Å²) in [6, 6.07) is 7.48. The number of nitrogens with zero attached hydrogens (tertiary/aromatic N) is 1. The summed E-state index contributed by atoms with van der Waals surface area (Å²) in [4.78, 5) is 21.7. The van der Waals surface area contributed by atoms with Crippen molar-refractivity contribution in [2.24, 2.45) is 0 Å².